The topological polar surface area (TPSA) is 60.0 Å². The molecule has 0 radical (unpaired) electrons. The molecule has 2 heterocycles. The number of carbonyl (C=O) groups excluding carboxylic acids is 1. The number of aryl methyl sites for hydroxylation is 3. The summed E-state index contributed by atoms with van der Waals surface area (Å²) in [6.45, 7) is 7.90. The van der Waals surface area contributed by atoms with Crippen molar-refractivity contribution in [3.05, 3.63) is 82.2 Å². The second kappa shape index (κ2) is 13.8. The van der Waals surface area contributed by atoms with Crippen LogP contribution in [-0.2, 0) is 17.6 Å². The number of likely N-dealkylation sites (tertiary alicyclic amines) is 1. The van der Waals surface area contributed by atoms with Gasteiger partial charge in [0.15, 0.2) is 11.6 Å². The third-order valence-electron chi connectivity index (χ3n) is 8.17. The van der Waals surface area contributed by atoms with Gasteiger partial charge in [0.05, 0.1) is 13.2 Å². The van der Waals surface area contributed by atoms with Gasteiger partial charge in [-0.15, -0.1) is 0 Å². The Hall–Kier alpha value is -3.23. The molecule has 0 saturated carbocycles. The van der Waals surface area contributed by atoms with Crippen LogP contribution in [0.1, 0.15) is 66.5 Å². The predicted molar refractivity (Wildman–Crippen MR) is 168 cm³/mol. The fourth-order valence-electron chi connectivity index (χ4n) is 6.09. The molecule has 2 atom stereocenters. The first-order valence-electron chi connectivity index (χ1n) is 14.9. The second-order valence-electron chi connectivity index (χ2n) is 11.1. The predicted octanol–water partition coefficient (Wildman–Crippen LogP) is 7.29. The third-order valence-corrected chi connectivity index (χ3v) is 8.87. The van der Waals surface area contributed by atoms with Crippen molar-refractivity contribution in [2.45, 2.75) is 58.4 Å². The van der Waals surface area contributed by atoms with Crippen LogP contribution in [0.3, 0.4) is 0 Å². The van der Waals surface area contributed by atoms with Gasteiger partial charge in [0, 0.05) is 18.3 Å². The summed E-state index contributed by atoms with van der Waals surface area (Å²) in [7, 11) is 0. The maximum atomic E-state index is 14.8. The molecule has 5 rings (SSSR count). The molecule has 0 aromatic heterocycles. The highest BCUT2D eigenvalue weighted by atomic mass is 32.2. The minimum absolute atomic E-state index is 0.00548. The summed E-state index contributed by atoms with van der Waals surface area (Å²) < 4.78 is 31.6. The molecular formula is C34H41FN2O4S. The highest BCUT2D eigenvalue weighted by Gasteiger charge is 2.36. The molecule has 8 heteroatoms. The van der Waals surface area contributed by atoms with Gasteiger partial charge in [-0.25, -0.2) is 4.39 Å². The molecule has 1 N–H and O–H groups in total. The van der Waals surface area contributed by atoms with Crippen molar-refractivity contribution in [1.82, 2.24) is 4.90 Å². The van der Waals surface area contributed by atoms with Crippen LogP contribution in [0.5, 0.6) is 17.2 Å². The van der Waals surface area contributed by atoms with Crippen LogP contribution < -0.4 is 19.5 Å². The molecule has 0 spiro atoms. The van der Waals surface area contributed by atoms with E-state index in [9.17, 15) is 9.18 Å². The van der Waals surface area contributed by atoms with E-state index in [2.05, 4.69) is 61.5 Å². The Morgan fingerprint density at radius 2 is 1.81 bits per heavy atom. The molecule has 3 aromatic carbocycles. The zero-order valence-corrected chi connectivity index (χ0v) is 25.8. The zero-order chi connectivity index (χ0) is 29.6. The van der Waals surface area contributed by atoms with Crippen molar-refractivity contribution in [2.75, 3.05) is 43.8 Å². The number of nitrogens with one attached hydrogen (secondary N) is 1. The third kappa shape index (κ3) is 6.87. The summed E-state index contributed by atoms with van der Waals surface area (Å²) in [5.74, 6) is 2.12. The van der Waals surface area contributed by atoms with Gasteiger partial charge < -0.3 is 19.5 Å². The van der Waals surface area contributed by atoms with Crippen LogP contribution in [0.25, 0.3) is 0 Å². The van der Waals surface area contributed by atoms with E-state index in [4.69, 9.17) is 14.2 Å². The Kier molecular flexibility index (Phi) is 9.95. The normalized spacial score (nSPS) is 17.9. The average Bonchev–Trinajstić information content (AvgIpc) is 3.64. The Balaban J connectivity index is 1.37. The van der Waals surface area contributed by atoms with Crippen LogP contribution >= 0.6 is 11.8 Å². The summed E-state index contributed by atoms with van der Waals surface area (Å²) in [6, 6.07) is 15.9. The standard InChI is InChI=1S/C34H41FN2O4S/c1-5-23-14-22(3)15-24(6-2)33(23)36-32(38)20-37-19-27(26-16-29(35)34-31(18-26)40-21-41-34)17-30(37)25-8-10-28(11-9-25)39-12-7-13-42-4/h8-11,14-16,18,27,30H,5-7,12-13,17,19-21H2,1-4H3,(H,36,38)/t27?,30-/m1/s1. The van der Waals surface area contributed by atoms with E-state index in [1.54, 1.807) is 6.07 Å². The molecule has 0 bridgehead atoms. The van der Waals surface area contributed by atoms with E-state index in [-0.39, 0.29) is 37.0 Å². The van der Waals surface area contributed by atoms with Gasteiger partial charge in [0.25, 0.3) is 0 Å². The number of fused-ring (bicyclic) bond motifs is 1. The largest absolute Gasteiger partial charge is 0.494 e. The molecule has 1 unspecified atom stereocenters. The maximum Gasteiger partial charge on any atom is 0.238 e. The van der Waals surface area contributed by atoms with Crippen molar-refractivity contribution < 1.29 is 23.4 Å². The lowest BCUT2D eigenvalue weighted by Gasteiger charge is -2.25. The van der Waals surface area contributed by atoms with Crippen LogP contribution in [0.4, 0.5) is 10.1 Å². The van der Waals surface area contributed by atoms with Gasteiger partial charge >= 0.3 is 0 Å². The molecule has 1 amide bonds. The Labute approximate surface area is 252 Å². The Morgan fingerprint density at radius 3 is 2.50 bits per heavy atom. The number of rotatable bonds is 12. The molecule has 0 aliphatic carbocycles. The number of benzene rings is 3. The summed E-state index contributed by atoms with van der Waals surface area (Å²) in [4.78, 5) is 15.8. The second-order valence-corrected chi connectivity index (χ2v) is 12.1. The number of anilines is 1. The highest BCUT2D eigenvalue weighted by Crippen LogP contribution is 2.44. The van der Waals surface area contributed by atoms with Crippen LogP contribution in [-0.4, -0.2) is 49.3 Å². The molecule has 42 heavy (non-hydrogen) atoms. The van der Waals surface area contributed by atoms with Crippen LogP contribution in [0.2, 0.25) is 0 Å². The van der Waals surface area contributed by atoms with Gasteiger partial charge in [0.2, 0.25) is 18.4 Å². The van der Waals surface area contributed by atoms with Gasteiger partial charge in [-0.3, -0.25) is 9.69 Å². The van der Waals surface area contributed by atoms with Gasteiger partial charge in [0.1, 0.15) is 5.75 Å². The smallest absolute Gasteiger partial charge is 0.238 e. The minimum atomic E-state index is -0.408. The number of hydrogen-bond acceptors (Lipinski definition) is 6. The lowest BCUT2D eigenvalue weighted by atomic mass is 9.93. The number of thioether (sulfide) groups is 1. The van der Waals surface area contributed by atoms with E-state index < -0.39 is 5.82 Å². The SMILES string of the molecule is CCc1cc(C)cc(CC)c1NC(=O)CN1CC(c2cc(F)c3c(c2)OCO3)C[C@@H]1c1ccc(OCCCSC)cc1. The molecule has 3 aromatic rings. The number of ether oxygens (including phenoxy) is 3. The number of amides is 1. The summed E-state index contributed by atoms with van der Waals surface area (Å²) >= 11 is 1.82. The lowest BCUT2D eigenvalue weighted by molar-refractivity contribution is -0.117. The van der Waals surface area contributed by atoms with Crippen LogP contribution in [0.15, 0.2) is 48.5 Å². The first-order valence-corrected chi connectivity index (χ1v) is 16.3. The number of nitrogens with zero attached hydrogens (tertiary/aromatic N) is 1. The summed E-state index contributed by atoms with van der Waals surface area (Å²) in [6.07, 6.45) is 5.55. The van der Waals surface area contributed by atoms with Crippen molar-refractivity contribution in [3.63, 3.8) is 0 Å². The number of carbonyl (C=O) groups is 1. The monoisotopic (exact) mass is 592 g/mol. The minimum Gasteiger partial charge on any atom is -0.494 e. The quantitative estimate of drug-likeness (QED) is 0.223. The molecule has 2 aliphatic heterocycles. The van der Waals surface area contributed by atoms with E-state index in [0.29, 0.717) is 18.9 Å². The van der Waals surface area contributed by atoms with Crippen molar-refractivity contribution in [3.8, 4) is 17.2 Å². The summed E-state index contributed by atoms with van der Waals surface area (Å²) in [5, 5.41) is 3.25. The van der Waals surface area contributed by atoms with Gasteiger partial charge in [-0.05, 0) is 97.1 Å². The van der Waals surface area contributed by atoms with Crippen LogP contribution in [0, 0.1) is 12.7 Å². The zero-order valence-electron chi connectivity index (χ0n) is 25.0. The number of hydrogen-bond donors (Lipinski definition) is 1. The highest BCUT2D eigenvalue weighted by molar-refractivity contribution is 7.98. The van der Waals surface area contributed by atoms with Crippen molar-refractivity contribution in [1.29, 1.82) is 0 Å². The fourth-order valence-corrected chi connectivity index (χ4v) is 6.50. The van der Waals surface area contributed by atoms with E-state index in [0.717, 1.165) is 65.1 Å². The van der Waals surface area contributed by atoms with Crippen molar-refractivity contribution in [2.24, 2.45) is 0 Å². The molecular weight excluding hydrogens is 551 g/mol. The van der Waals surface area contributed by atoms with Gasteiger partial charge in [-0.2, -0.15) is 11.8 Å². The molecule has 1 saturated heterocycles. The van der Waals surface area contributed by atoms with E-state index in [1.807, 2.05) is 30.0 Å². The first kappa shape index (κ1) is 30.2. The van der Waals surface area contributed by atoms with Gasteiger partial charge in [-0.1, -0.05) is 43.7 Å². The fraction of sp³-hybridized carbons (Fsp3) is 0.441. The maximum absolute atomic E-state index is 14.8. The van der Waals surface area contributed by atoms with Crippen molar-refractivity contribution >= 4 is 23.4 Å². The average molecular weight is 593 g/mol. The Bertz CT molecular complexity index is 1370. The number of halogens is 1. The first-order chi connectivity index (χ1) is 20.4. The Morgan fingerprint density at radius 1 is 1.07 bits per heavy atom. The molecule has 1 fully saturated rings. The summed E-state index contributed by atoms with van der Waals surface area (Å²) in [5.41, 5.74) is 6.42. The molecule has 6 nitrogen and oxygen atoms in total. The molecule has 2 aliphatic rings. The van der Waals surface area contributed by atoms with E-state index in [1.165, 1.54) is 5.56 Å². The van der Waals surface area contributed by atoms with E-state index >= 15 is 0 Å². The molecule has 224 valence electrons. The lowest BCUT2D eigenvalue weighted by Crippen LogP contribution is -2.33.